The average molecular weight is 355 g/mol. The molecule has 0 saturated carbocycles. The molecule has 2 heterocycles. The van der Waals surface area contributed by atoms with Gasteiger partial charge in [-0.05, 0) is 46.8 Å². The maximum atomic E-state index is 12.5. The fraction of sp³-hybridized carbons (Fsp3) is 0.625. The number of halogens is 1. The van der Waals surface area contributed by atoms with E-state index in [2.05, 4.69) is 10.2 Å². The third kappa shape index (κ3) is 4.35. The lowest BCUT2D eigenvalue weighted by Crippen LogP contribution is -2.62. The van der Waals surface area contributed by atoms with Crippen LogP contribution in [0.3, 0.4) is 0 Å². The molecule has 1 aliphatic rings. The summed E-state index contributed by atoms with van der Waals surface area (Å²) < 4.78 is 5.45. The van der Waals surface area contributed by atoms with Crippen LogP contribution in [0.4, 0.5) is 4.79 Å². The van der Waals surface area contributed by atoms with Crippen LogP contribution in [0, 0.1) is 0 Å². The van der Waals surface area contributed by atoms with Crippen LogP contribution < -0.4 is 0 Å². The van der Waals surface area contributed by atoms with Crippen molar-refractivity contribution >= 4 is 23.6 Å². The van der Waals surface area contributed by atoms with Crippen LogP contribution in [-0.2, 0) is 4.74 Å². The SMILES string of the molecule is CC(C)(C)OC(=O)N1CCN(C(=O)c2ccc(Cl)nn2)CC1(C)C. The van der Waals surface area contributed by atoms with Crippen molar-refractivity contribution in [3.8, 4) is 0 Å². The lowest BCUT2D eigenvalue weighted by molar-refractivity contribution is -0.0203. The Morgan fingerprint density at radius 3 is 2.38 bits per heavy atom. The fourth-order valence-corrected chi connectivity index (χ4v) is 2.68. The molecular weight excluding hydrogens is 332 g/mol. The van der Waals surface area contributed by atoms with Gasteiger partial charge in [0, 0.05) is 19.6 Å². The molecule has 0 unspecified atom stereocenters. The maximum Gasteiger partial charge on any atom is 0.410 e. The first kappa shape index (κ1) is 18.4. The minimum Gasteiger partial charge on any atom is -0.444 e. The van der Waals surface area contributed by atoms with E-state index in [1.807, 2.05) is 34.6 Å². The molecule has 1 aromatic rings. The topological polar surface area (TPSA) is 75.6 Å². The van der Waals surface area contributed by atoms with Gasteiger partial charge in [-0.1, -0.05) is 11.6 Å². The summed E-state index contributed by atoms with van der Waals surface area (Å²) in [5.74, 6) is -0.226. The summed E-state index contributed by atoms with van der Waals surface area (Å²) in [6, 6.07) is 3.08. The predicted octanol–water partition coefficient (Wildman–Crippen LogP) is 2.60. The highest BCUT2D eigenvalue weighted by Crippen LogP contribution is 2.24. The van der Waals surface area contributed by atoms with Crippen LogP contribution in [0.25, 0.3) is 0 Å². The minimum atomic E-state index is -0.557. The van der Waals surface area contributed by atoms with Gasteiger partial charge in [0.2, 0.25) is 0 Å². The highest BCUT2D eigenvalue weighted by atomic mass is 35.5. The van der Waals surface area contributed by atoms with E-state index in [0.717, 1.165) is 0 Å². The smallest absolute Gasteiger partial charge is 0.410 e. The van der Waals surface area contributed by atoms with E-state index in [0.29, 0.717) is 19.6 Å². The average Bonchev–Trinajstić information content (AvgIpc) is 2.44. The van der Waals surface area contributed by atoms with Gasteiger partial charge < -0.3 is 9.64 Å². The molecule has 2 rings (SSSR count). The van der Waals surface area contributed by atoms with Crippen molar-refractivity contribution in [3.05, 3.63) is 23.0 Å². The van der Waals surface area contributed by atoms with Crippen molar-refractivity contribution in [2.45, 2.75) is 45.8 Å². The van der Waals surface area contributed by atoms with Crippen LogP contribution in [0.1, 0.15) is 45.1 Å². The van der Waals surface area contributed by atoms with Gasteiger partial charge in [0.25, 0.3) is 5.91 Å². The lowest BCUT2D eigenvalue weighted by atomic mass is 9.99. The zero-order valence-corrected chi connectivity index (χ0v) is 15.4. The number of carbonyl (C=O) groups is 2. The molecule has 1 aliphatic heterocycles. The number of rotatable bonds is 1. The second kappa shape index (κ2) is 6.55. The summed E-state index contributed by atoms with van der Waals surface area (Å²) in [7, 11) is 0. The monoisotopic (exact) mass is 354 g/mol. The van der Waals surface area contributed by atoms with Crippen LogP contribution in [0.2, 0.25) is 5.15 Å². The number of hydrogen-bond acceptors (Lipinski definition) is 5. The Kier molecular flexibility index (Phi) is 5.03. The Labute approximate surface area is 146 Å². The number of piperazine rings is 1. The van der Waals surface area contributed by atoms with Crippen molar-refractivity contribution in [2.75, 3.05) is 19.6 Å². The Bertz CT molecular complexity index is 625. The summed E-state index contributed by atoms with van der Waals surface area (Å²) in [6.45, 7) is 10.5. The van der Waals surface area contributed by atoms with Gasteiger partial charge in [0.05, 0.1) is 5.54 Å². The van der Waals surface area contributed by atoms with Gasteiger partial charge in [0.1, 0.15) is 5.60 Å². The van der Waals surface area contributed by atoms with E-state index in [1.165, 1.54) is 6.07 Å². The fourth-order valence-electron chi connectivity index (χ4n) is 2.58. The molecule has 8 heteroatoms. The zero-order chi connectivity index (χ0) is 18.1. The molecular formula is C16H23ClN4O3. The second-order valence-electron chi connectivity index (χ2n) is 7.41. The molecule has 0 spiro atoms. The molecule has 0 aromatic carbocycles. The second-order valence-corrected chi connectivity index (χ2v) is 7.80. The van der Waals surface area contributed by atoms with Gasteiger partial charge in [-0.2, -0.15) is 0 Å². The highest BCUT2D eigenvalue weighted by molar-refractivity contribution is 6.29. The van der Waals surface area contributed by atoms with Crippen LogP contribution in [0.5, 0.6) is 0 Å². The molecule has 1 fully saturated rings. The van der Waals surface area contributed by atoms with Crippen molar-refractivity contribution in [3.63, 3.8) is 0 Å². The first-order valence-corrected chi connectivity index (χ1v) is 8.16. The van der Waals surface area contributed by atoms with Crippen molar-refractivity contribution in [1.82, 2.24) is 20.0 Å². The third-order valence-electron chi connectivity index (χ3n) is 3.65. The molecule has 132 valence electrons. The lowest BCUT2D eigenvalue weighted by Gasteiger charge is -2.46. The van der Waals surface area contributed by atoms with Crippen LogP contribution >= 0.6 is 11.6 Å². The normalized spacial score (nSPS) is 17.6. The third-order valence-corrected chi connectivity index (χ3v) is 3.86. The van der Waals surface area contributed by atoms with Gasteiger partial charge in [-0.3, -0.25) is 9.69 Å². The number of nitrogens with zero attached hydrogens (tertiary/aromatic N) is 4. The number of carbonyl (C=O) groups excluding carboxylic acids is 2. The van der Waals surface area contributed by atoms with E-state index in [9.17, 15) is 9.59 Å². The Morgan fingerprint density at radius 2 is 1.88 bits per heavy atom. The van der Waals surface area contributed by atoms with E-state index in [4.69, 9.17) is 16.3 Å². The molecule has 7 nitrogen and oxygen atoms in total. The first-order chi connectivity index (χ1) is 11.0. The van der Waals surface area contributed by atoms with E-state index in [-0.39, 0.29) is 22.8 Å². The standard InChI is InChI=1S/C16H23ClN4O3/c1-15(2,3)24-14(23)21-9-8-20(10-16(21,4)5)13(22)11-6-7-12(17)19-18-11/h6-7H,8-10H2,1-5H3. The molecule has 0 aliphatic carbocycles. The van der Waals surface area contributed by atoms with Crippen molar-refractivity contribution in [1.29, 1.82) is 0 Å². The maximum absolute atomic E-state index is 12.5. The summed E-state index contributed by atoms with van der Waals surface area (Å²) in [5, 5.41) is 7.76. The highest BCUT2D eigenvalue weighted by Gasteiger charge is 2.40. The molecule has 1 aromatic heterocycles. The molecule has 24 heavy (non-hydrogen) atoms. The van der Waals surface area contributed by atoms with E-state index >= 15 is 0 Å². The number of hydrogen-bond donors (Lipinski definition) is 0. The number of amides is 2. The molecule has 2 amide bonds. The largest absolute Gasteiger partial charge is 0.444 e. The quantitative estimate of drug-likeness (QED) is 0.774. The summed E-state index contributed by atoms with van der Waals surface area (Å²) in [6.07, 6.45) is -0.370. The molecule has 0 N–H and O–H groups in total. The summed E-state index contributed by atoms with van der Waals surface area (Å²) in [5.41, 5.74) is -0.865. The Balaban J connectivity index is 2.08. The predicted molar refractivity (Wildman–Crippen MR) is 90.0 cm³/mol. The molecule has 0 radical (unpaired) electrons. The molecule has 0 atom stereocenters. The van der Waals surface area contributed by atoms with Gasteiger partial charge in [0.15, 0.2) is 10.8 Å². The van der Waals surface area contributed by atoms with Gasteiger partial charge in [-0.25, -0.2) is 4.79 Å². The summed E-state index contributed by atoms with van der Waals surface area (Å²) >= 11 is 5.70. The number of aromatic nitrogens is 2. The van der Waals surface area contributed by atoms with Crippen LogP contribution in [0.15, 0.2) is 12.1 Å². The van der Waals surface area contributed by atoms with Crippen molar-refractivity contribution in [2.24, 2.45) is 0 Å². The van der Waals surface area contributed by atoms with Crippen molar-refractivity contribution < 1.29 is 14.3 Å². The Morgan fingerprint density at radius 1 is 1.21 bits per heavy atom. The Hall–Kier alpha value is -1.89. The van der Waals surface area contributed by atoms with Gasteiger partial charge >= 0.3 is 6.09 Å². The molecule has 0 bridgehead atoms. The first-order valence-electron chi connectivity index (χ1n) is 7.79. The summed E-state index contributed by atoms with van der Waals surface area (Å²) in [4.78, 5) is 28.3. The zero-order valence-electron chi connectivity index (χ0n) is 14.7. The number of ether oxygens (including phenoxy) is 1. The van der Waals surface area contributed by atoms with E-state index in [1.54, 1.807) is 15.9 Å². The van der Waals surface area contributed by atoms with Crippen LogP contribution in [-0.4, -0.2) is 62.8 Å². The van der Waals surface area contributed by atoms with Gasteiger partial charge in [-0.15, -0.1) is 10.2 Å². The minimum absolute atomic E-state index is 0.226. The molecule has 1 saturated heterocycles. The van der Waals surface area contributed by atoms with E-state index < -0.39 is 11.1 Å².